The Labute approximate surface area is 164 Å². The second-order valence-electron chi connectivity index (χ2n) is 6.60. The van der Waals surface area contributed by atoms with Crippen LogP contribution in [0.4, 0.5) is 17.3 Å². The lowest BCUT2D eigenvalue weighted by Gasteiger charge is -2.26. The normalized spacial score (nSPS) is 16.2. The standard InChI is InChI=1S/C21H23N5O2/c1-27-15-17-5-4-14-26(17)20-21(24-13-12-23-20)28-18-9-7-16(8-10-18)25-19-6-2-3-11-22-19/h2-3,6-13,17H,4-5,14-15H2,1H3,(H,22,25). The molecular weight excluding hydrogens is 354 g/mol. The van der Waals surface area contributed by atoms with Gasteiger partial charge in [-0.15, -0.1) is 0 Å². The highest BCUT2D eigenvalue weighted by Crippen LogP contribution is 2.33. The molecule has 2 aromatic heterocycles. The highest BCUT2D eigenvalue weighted by molar-refractivity contribution is 5.57. The molecule has 0 bridgehead atoms. The number of rotatable bonds is 7. The molecule has 1 saturated heterocycles. The molecule has 1 atom stereocenters. The Balaban J connectivity index is 1.49. The number of pyridine rings is 1. The average Bonchev–Trinajstić information content (AvgIpc) is 3.19. The molecule has 7 nitrogen and oxygen atoms in total. The van der Waals surface area contributed by atoms with Crippen molar-refractivity contribution in [2.75, 3.05) is 30.5 Å². The third-order valence-corrected chi connectivity index (χ3v) is 4.66. The summed E-state index contributed by atoms with van der Waals surface area (Å²) in [6.07, 6.45) is 7.29. The number of ether oxygens (including phenoxy) is 2. The van der Waals surface area contributed by atoms with Gasteiger partial charge < -0.3 is 19.7 Å². The number of methoxy groups -OCH3 is 1. The van der Waals surface area contributed by atoms with Crippen LogP contribution in [0, 0.1) is 0 Å². The molecule has 1 N–H and O–H groups in total. The van der Waals surface area contributed by atoms with Crippen molar-refractivity contribution in [1.29, 1.82) is 0 Å². The second-order valence-corrected chi connectivity index (χ2v) is 6.60. The molecule has 4 rings (SSSR count). The third-order valence-electron chi connectivity index (χ3n) is 4.66. The molecule has 3 heterocycles. The van der Waals surface area contributed by atoms with Crippen LogP contribution in [0.1, 0.15) is 12.8 Å². The number of nitrogens with one attached hydrogen (secondary N) is 1. The van der Waals surface area contributed by atoms with E-state index in [1.807, 2.05) is 42.5 Å². The fourth-order valence-electron chi connectivity index (χ4n) is 3.37. The minimum atomic E-state index is 0.300. The van der Waals surface area contributed by atoms with Gasteiger partial charge >= 0.3 is 0 Å². The number of benzene rings is 1. The molecule has 0 saturated carbocycles. The van der Waals surface area contributed by atoms with Crippen LogP contribution >= 0.6 is 0 Å². The Bertz CT molecular complexity index is 889. The van der Waals surface area contributed by atoms with Gasteiger partial charge in [-0.3, -0.25) is 0 Å². The number of hydrogen-bond acceptors (Lipinski definition) is 7. The summed E-state index contributed by atoms with van der Waals surface area (Å²) in [6, 6.07) is 13.8. The molecule has 1 aliphatic heterocycles. The van der Waals surface area contributed by atoms with Gasteiger partial charge in [-0.05, 0) is 49.2 Å². The molecule has 1 aromatic carbocycles. The topological polar surface area (TPSA) is 72.4 Å². The van der Waals surface area contributed by atoms with Crippen LogP contribution in [0.5, 0.6) is 11.6 Å². The van der Waals surface area contributed by atoms with E-state index < -0.39 is 0 Å². The fraction of sp³-hybridized carbons (Fsp3) is 0.286. The van der Waals surface area contributed by atoms with Crippen molar-refractivity contribution in [3.8, 4) is 11.6 Å². The minimum Gasteiger partial charge on any atom is -0.436 e. The van der Waals surface area contributed by atoms with Gasteiger partial charge in [0, 0.05) is 37.9 Å². The van der Waals surface area contributed by atoms with E-state index in [0.29, 0.717) is 24.3 Å². The summed E-state index contributed by atoms with van der Waals surface area (Å²) in [4.78, 5) is 15.4. The zero-order valence-corrected chi connectivity index (χ0v) is 15.8. The lowest BCUT2D eigenvalue weighted by Crippen LogP contribution is -2.33. The van der Waals surface area contributed by atoms with Gasteiger partial charge in [0.2, 0.25) is 0 Å². The van der Waals surface area contributed by atoms with Crippen molar-refractivity contribution < 1.29 is 9.47 Å². The first-order valence-corrected chi connectivity index (χ1v) is 9.36. The van der Waals surface area contributed by atoms with Crippen LogP contribution in [0.25, 0.3) is 0 Å². The maximum Gasteiger partial charge on any atom is 0.263 e. The monoisotopic (exact) mass is 377 g/mol. The van der Waals surface area contributed by atoms with E-state index in [-0.39, 0.29) is 0 Å². The molecule has 1 aliphatic rings. The molecule has 144 valence electrons. The summed E-state index contributed by atoms with van der Waals surface area (Å²) in [5.74, 6) is 2.77. The first-order chi connectivity index (χ1) is 13.8. The zero-order valence-electron chi connectivity index (χ0n) is 15.8. The summed E-state index contributed by atoms with van der Waals surface area (Å²) in [7, 11) is 1.73. The third kappa shape index (κ3) is 4.20. The fourth-order valence-corrected chi connectivity index (χ4v) is 3.37. The lowest BCUT2D eigenvalue weighted by atomic mass is 10.2. The summed E-state index contributed by atoms with van der Waals surface area (Å²) in [5.41, 5.74) is 0.935. The van der Waals surface area contributed by atoms with Crippen molar-refractivity contribution >= 4 is 17.3 Å². The van der Waals surface area contributed by atoms with Crippen molar-refractivity contribution in [3.05, 3.63) is 61.1 Å². The van der Waals surface area contributed by atoms with Gasteiger partial charge in [-0.2, -0.15) is 0 Å². The molecule has 1 fully saturated rings. The van der Waals surface area contributed by atoms with E-state index in [0.717, 1.165) is 36.7 Å². The van der Waals surface area contributed by atoms with Crippen molar-refractivity contribution in [3.63, 3.8) is 0 Å². The van der Waals surface area contributed by atoms with Crippen LogP contribution in [0.3, 0.4) is 0 Å². The highest BCUT2D eigenvalue weighted by Gasteiger charge is 2.28. The van der Waals surface area contributed by atoms with Crippen molar-refractivity contribution in [2.45, 2.75) is 18.9 Å². The smallest absolute Gasteiger partial charge is 0.263 e. The molecule has 28 heavy (non-hydrogen) atoms. The summed E-state index contributed by atoms with van der Waals surface area (Å²) in [5, 5.41) is 3.25. The summed E-state index contributed by atoms with van der Waals surface area (Å²) < 4.78 is 11.4. The van der Waals surface area contributed by atoms with E-state index in [9.17, 15) is 0 Å². The van der Waals surface area contributed by atoms with Gasteiger partial charge in [-0.25, -0.2) is 15.0 Å². The highest BCUT2D eigenvalue weighted by atomic mass is 16.5. The quantitative estimate of drug-likeness (QED) is 0.666. The molecule has 3 aromatic rings. The Hall–Kier alpha value is -3.19. The molecule has 0 amide bonds. The first kappa shape index (κ1) is 18.2. The van der Waals surface area contributed by atoms with E-state index in [4.69, 9.17) is 9.47 Å². The van der Waals surface area contributed by atoms with Crippen LogP contribution in [0.15, 0.2) is 61.1 Å². The van der Waals surface area contributed by atoms with Gasteiger partial charge in [0.05, 0.1) is 12.6 Å². The van der Waals surface area contributed by atoms with Gasteiger partial charge in [0.1, 0.15) is 11.6 Å². The molecular formula is C21H23N5O2. The van der Waals surface area contributed by atoms with E-state index in [1.165, 1.54) is 0 Å². The molecule has 1 unspecified atom stereocenters. The van der Waals surface area contributed by atoms with E-state index >= 15 is 0 Å². The summed E-state index contributed by atoms with van der Waals surface area (Å²) >= 11 is 0. The predicted molar refractivity (Wildman–Crippen MR) is 108 cm³/mol. The second kappa shape index (κ2) is 8.67. The Morgan fingerprint density at radius 3 is 2.68 bits per heavy atom. The summed E-state index contributed by atoms with van der Waals surface area (Å²) in [6.45, 7) is 1.60. The number of anilines is 3. The maximum absolute atomic E-state index is 6.05. The zero-order chi connectivity index (χ0) is 19.2. The number of hydrogen-bond donors (Lipinski definition) is 1. The van der Waals surface area contributed by atoms with Gasteiger partial charge in [0.15, 0.2) is 5.82 Å². The van der Waals surface area contributed by atoms with Crippen molar-refractivity contribution in [1.82, 2.24) is 15.0 Å². The van der Waals surface area contributed by atoms with Crippen LogP contribution in [-0.4, -0.2) is 41.3 Å². The molecule has 7 heteroatoms. The van der Waals surface area contributed by atoms with Crippen molar-refractivity contribution in [2.24, 2.45) is 0 Å². The van der Waals surface area contributed by atoms with E-state index in [2.05, 4.69) is 25.2 Å². The maximum atomic E-state index is 6.05. The Morgan fingerprint density at radius 1 is 1.04 bits per heavy atom. The van der Waals surface area contributed by atoms with Crippen LogP contribution in [-0.2, 0) is 4.74 Å². The largest absolute Gasteiger partial charge is 0.436 e. The van der Waals surface area contributed by atoms with Gasteiger partial charge in [-0.1, -0.05) is 6.07 Å². The first-order valence-electron chi connectivity index (χ1n) is 9.36. The van der Waals surface area contributed by atoms with E-state index in [1.54, 1.807) is 25.7 Å². The van der Waals surface area contributed by atoms with Crippen LogP contribution in [0.2, 0.25) is 0 Å². The average molecular weight is 377 g/mol. The Kier molecular flexibility index (Phi) is 5.63. The van der Waals surface area contributed by atoms with Gasteiger partial charge in [0.25, 0.3) is 5.88 Å². The minimum absolute atomic E-state index is 0.300. The Morgan fingerprint density at radius 2 is 1.89 bits per heavy atom. The lowest BCUT2D eigenvalue weighted by molar-refractivity contribution is 0.180. The number of nitrogens with zero attached hydrogens (tertiary/aromatic N) is 4. The SMILES string of the molecule is COCC1CCCN1c1nccnc1Oc1ccc(Nc2ccccn2)cc1. The predicted octanol–water partition coefficient (Wildman–Crippen LogP) is 4.02. The molecule has 0 aliphatic carbocycles. The molecule has 0 spiro atoms. The number of aromatic nitrogens is 3. The molecule has 0 radical (unpaired) electrons. The van der Waals surface area contributed by atoms with Crippen LogP contribution < -0.4 is 15.0 Å².